The smallest absolute Gasteiger partial charge is 0.321 e. The van der Waals surface area contributed by atoms with Crippen LogP contribution in [-0.2, 0) is 11.2 Å². The van der Waals surface area contributed by atoms with Gasteiger partial charge in [-0.15, -0.1) is 0 Å². The fraction of sp³-hybridized carbons (Fsp3) is 0.600. The summed E-state index contributed by atoms with van der Waals surface area (Å²) in [7, 11) is 5.32. The Morgan fingerprint density at radius 1 is 1.08 bits per heavy atom. The van der Waals surface area contributed by atoms with Crippen LogP contribution < -0.4 is 5.32 Å². The van der Waals surface area contributed by atoms with Crippen LogP contribution in [0.15, 0.2) is 24.3 Å². The molecule has 5 heteroatoms. The first kappa shape index (κ1) is 19.3. The van der Waals surface area contributed by atoms with Crippen LogP contribution in [0, 0.1) is 5.92 Å². The van der Waals surface area contributed by atoms with E-state index in [1.165, 1.54) is 32.1 Å². The molecule has 0 heterocycles. The fourth-order valence-electron chi connectivity index (χ4n) is 3.28. The summed E-state index contributed by atoms with van der Waals surface area (Å²) >= 11 is 0. The molecule has 0 unspecified atom stereocenters. The lowest BCUT2D eigenvalue weighted by Crippen LogP contribution is -2.33. The van der Waals surface area contributed by atoms with Crippen LogP contribution in [0.2, 0.25) is 0 Å². The van der Waals surface area contributed by atoms with Gasteiger partial charge < -0.3 is 15.1 Å². The van der Waals surface area contributed by atoms with Gasteiger partial charge in [-0.1, -0.05) is 50.3 Å². The van der Waals surface area contributed by atoms with E-state index in [0.29, 0.717) is 5.69 Å². The lowest BCUT2D eigenvalue weighted by atomic mass is 9.87. The topological polar surface area (TPSA) is 52.7 Å². The Balaban J connectivity index is 1.89. The van der Waals surface area contributed by atoms with Crippen LogP contribution in [0.3, 0.4) is 0 Å². The summed E-state index contributed by atoms with van der Waals surface area (Å²) in [5.41, 5.74) is 1.56. The summed E-state index contributed by atoms with van der Waals surface area (Å²) in [5.74, 6) is 0.779. The van der Waals surface area contributed by atoms with Crippen molar-refractivity contribution in [3.05, 3.63) is 29.8 Å². The summed E-state index contributed by atoms with van der Waals surface area (Å²) in [5, 5.41) is 2.96. The molecule has 0 spiro atoms. The van der Waals surface area contributed by atoms with Gasteiger partial charge in [0, 0.05) is 33.4 Å². The number of anilines is 1. The monoisotopic (exact) mass is 345 g/mol. The van der Waals surface area contributed by atoms with E-state index in [9.17, 15) is 9.59 Å². The number of benzene rings is 1. The van der Waals surface area contributed by atoms with Crippen molar-refractivity contribution >= 4 is 17.6 Å². The van der Waals surface area contributed by atoms with Gasteiger partial charge >= 0.3 is 6.03 Å². The van der Waals surface area contributed by atoms with Gasteiger partial charge in [0.15, 0.2) is 0 Å². The summed E-state index contributed by atoms with van der Waals surface area (Å²) in [6.07, 6.45) is 7.97. The van der Waals surface area contributed by atoms with Crippen molar-refractivity contribution in [2.75, 3.05) is 33.0 Å². The Morgan fingerprint density at radius 2 is 1.76 bits per heavy atom. The number of carbonyl (C=O) groups is 2. The van der Waals surface area contributed by atoms with Crippen LogP contribution in [0.1, 0.15) is 44.1 Å². The number of urea groups is 1. The van der Waals surface area contributed by atoms with Gasteiger partial charge in [0.2, 0.25) is 5.91 Å². The van der Waals surface area contributed by atoms with Crippen LogP contribution in [-0.4, -0.2) is 49.4 Å². The second-order valence-corrected chi connectivity index (χ2v) is 7.27. The van der Waals surface area contributed by atoms with Crippen molar-refractivity contribution in [1.29, 1.82) is 0 Å². The average molecular weight is 345 g/mol. The van der Waals surface area contributed by atoms with Gasteiger partial charge in [0.25, 0.3) is 0 Å². The molecule has 1 aromatic carbocycles. The number of likely N-dealkylation sites (N-methyl/N-ethyl adjacent to an activating group) is 1. The largest absolute Gasteiger partial charge is 0.349 e. The number of rotatable bonds is 6. The lowest BCUT2D eigenvalue weighted by molar-refractivity contribution is -0.127. The van der Waals surface area contributed by atoms with E-state index in [1.807, 2.05) is 31.3 Å². The molecule has 3 amide bonds. The molecule has 1 fully saturated rings. The van der Waals surface area contributed by atoms with E-state index in [-0.39, 0.29) is 18.4 Å². The third-order valence-electron chi connectivity index (χ3n) is 5.04. The molecule has 5 nitrogen and oxygen atoms in total. The summed E-state index contributed by atoms with van der Waals surface area (Å²) in [4.78, 5) is 27.8. The normalized spacial score (nSPS) is 14.8. The molecule has 0 aromatic heterocycles. The molecule has 1 N–H and O–H groups in total. The minimum absolute atomic E-state index is 0.0207. The van der Waals surface area contributed by atoms with Gasteiger partial charge in [-0.3, -0.25) is 4.79 Å². The number of hydrogen-bond acceptors (Lipinski definition) is 2. The Morgan fingerprint density at radius 3 is 2.44 bits per heavy atom. The molecule has 1 saturated carbocycles. The van der Waals surface area contributed by atoms with E-state index in [1.54, 1.807) is 23.9 Å². The summed E-state index contributed by atoms with van der Waals surface area (Å²) in [6.45, 7) is 0.773. The molecule has 0 bridgehead atoms. The van der Waals surface area contributed by atoms with Gasteiger partial charge in [-0.2, -0.15) is 0 Å². The second kappa shape index (κ2) is 9.44. The Kier molecular flexibility index (Phi) is 7.29. The molecule has 2 rings (SSSR count). The molecule has 1 aliphatic carbocycles. The first-order valence-electron chi connectivity index (χ1n) is 9.27. The van der Waals surface area contributed by atoms with E-state index in [2.05, 4.69) is 5.32 Å². The van der Waals surface area contributed by atoms with Gasteiger partial charge in [-0.25, -0.2) is 4.79 Å². The lowest BCUT2D eigenvalue weighted by Gasteiger charge is -2.25. The zero-order valence-electron chi connectivity index (χ0n) is 15.8. The van der Waals surface area contributed by atoms with E-state index < -0.39 is 0 Å². The van der Waals surface area contributed by atoms with Crippen molar-refractivity contribution in [1.82, 2.24) is 9.80 Å². The zero-order chi connectivity index (χ0) is 18.2. The second-order valence-electron chi connectivity index (χ2n) is 7.27. The molecule has 25 heavy (non-hydrogen) atoms. The molecule has 1 aromatic rings. The third-order valence-corrected chi connectivity index (χ3v) is 5.04. The minimum Gasteiger partial charge on any atom is -0.349 e. The Hall–Kier alpha value is -2.04. The van der Waals surface area contributed by atoms with Crippen molar-refractivity contribution in [3.63, 3.8) is 0 Å². The molecule has 0 saturated heterocycles. The molecular weight excluding hydrogens is 314 g/mol. The fourth-order valence-corrected chi connectivity index (χ4v) is 3.28. The highest BCUT2D eigenvalue weighted by Gasteiger charge is 2.17. The van der Waals surface area contributed by atoms with E-state index in [4.69, 9.17) is 0 Å². The number of nitrogens with one attached hydrogen (secondary N) is 1. The molecule has 1 aliphatic rings. The predicted octanol–water partition coefficient (Wildman–Crippen LogP) is 3.75. The first-order chi connectivity index (χ1) is 12.0. The van der Waals surface area contributed by atoms with Crippen molar-refractivity contribution in [2.24, 2.45) is 5.92 Å². The van der Waals surface area contributed by atoms with Crippen molar-refractivity contribution < 1.29 is 9.59 Å². The van der Waals surface area contributed by atoms with Crippen LogP contribution >= 0.6 is 0 Å². The van der Waals surface area contributed by atoms with Crippen molar-refractivity contribution in [3.8, 4) is 0 Å². The van der Waals surface area contributed by atoms with Crippen molar-refractivity contribution in [2.45, 2.75) is 44.9 Å². The Bertz CT molecular complexity index is 580. The maximum absolute atomic E-state index is 12.5. The highest BCUT2D eigenvalue weighted by molar-refractivity contribution is 5.91. The summed E-state index contributed by atoms with van der Waals surface area (Å²) in [6, 6.07) is 7.40. The predicted molar refractivity (Wildman–Crippen MR) is 102 cm³/mol. The summed E-state index contributed by atoms with van der Waals surface area (Å²) < 4.78 is 0. The minimum atomic E-state index is -0.111. The van der Waals surface area contributed by atoms with Crippen LogP contribution in [0.4, 0.5) is 10.5 Å². The van der Waals surface area contributed by atoms with Crippen LogP contribution in [0.5, 0.6) is 0 Å². The zero-order valence-corrected chi connectivity index (χ0v) is 15.8. The highest BCUT2D eigenvalue weighted by atomic mass is 16.2. The maximum atomic E-state index is 12.5. The number of amides is 3. The van der Waals surface area contributed by atoms with Gasteiger partial charge in [0.1, 0.15) is 0 Å². The number of para-hydroxylation sites is 1. The van der Waals surface area contributed by atoms with Gasteiger partial charge in [-0.05, 0) is 24.0 Å². The average Bonchev–Trinajstić information content (AvgIpc) is 2.62. The Labute approximate surface area is 151 Å². The number of hydrogen-bond donors (Lipinski definition) is 1. The molecule has 0 aliphatic heterocycles. The molecule has 0 radical (unpaired) electrons. The van der Waals surface area contributed by atoms with E-state index in [0.717, 1.165) is 24.4 Å². The quantitative estimate of drug-likeness (QED) is 0.853. The molecule has 138 valence electrons. The maximum Gasteiger partial charge on any atom is 0.321 e. The first-order valence-corrected chi connectivity index (χ1v) is 9.27. The SMILES string of the molecule is CN(C)C(=O)Cc1ccccc1NC(=O)N(C)CCC1CCCCC1. The highest BCUT2D eigenvalue weighted by Crippen LogP contribution is 2.26. The number of carbonyl (C=O) groups excluding carboxylic acids is 2. The van der Waals surface area contributed by atoms with Gasteiger partial charge in [0.05, 0.1) is 6.42 Å². The van der Waals surface area contributed by atoms with E-state index >= 15 is 0 Å². The third kappa shape index (κ3) is 6.07. The molecule has 0 atom stereocenters. The number of nitrogens with zero attached hydrogens (tertiary/aromatic N) is 2. The standard InChI is InChI=1S/C20H31N3O2/c1-22(2)19(24)15-17-11-7-8-12-18(17)21-20(25)23(3)14-13-16-9-5-4-6-10-16/h7-8,11-12,16H,4-6,9-10,13-15H2,1-3H3,(H,21,25). The van der Waals surface area contributed by atoms with Crippen LogP contribution in [0.25, 0.3) is 0 Å². The molecular formula is C20H31N3O2.